The Balaban J connectivity index is 1.65. The second kappa shape index (κ2) is 8.74. The van der Waals surface area contributed by atoms with Gasteiger partial charge in [0, 0.05) is 6.54 Å². The third-order valence-corrected chi connectivity index (χ3v) is 5.47. The Labute approximate surface area is 181 Å². The van der Waals surface area contributed by atoms with Crippen molar-refractivity contribution >= 4 is 28.5 Å². The lowest BCUT2D eigenvalue weighted by Gasteiger charge is -2.17. The van der Waals surface area contributed by atoms with Crippen LogP contribution in [0.25, 0.3) is 11.2 Å². The maximum atomic E-state index is 13.1. The lowest BCUT2D eigenvalue weighted by molar-refractivity contribution is -0.0511. The smallest absolute Gasteiger partial charge is 0.165 e. The first-order valence-corrected chi connectivity index (χ1v) is 9.89. The SMILES string of the molecule is N#Cc1c(Cl)nc2c(ncn2[C@@H]2O[C@H](CO)[C@@H](O)[C@H]2O)c1NCCc1ccc(F)cc1. The number of imidazole rings is 1. The van der Waals surface area contributed by atoms with Gasteiger partial charge in [-0.15, -0.1) is 0 Å². The van der Waals surface area contributed by atoms with Gasteiger partial charge in [0.25, 0.3) is 0 Å². The van der Waals surface area contributed by atoms with Gasteiger partial charge in [0.15, 0.2) is 17.0 Å². The number of rotatable bonds is 6. The highest BCUT2D eigenvalue weighted by molar-refractivity contribution is 6.31. The minimum atomic E-state index is -1.32. The molecule has 3 aromatic rings. The second-order valence-electron chi connectivity index (χ2n) is 7.12. The largest absolute Gasteiger partial charge is 0.394 e. The summed E-state index contributed by atoms with van der Waals surface area (Å²) in [5.74, 6) is -0.318. The number of hydrogen-bond acceptors (Lipinski definition) is 8. The van der Waals surface area contributed by atoms with E-state index in [-0.39, 0.29) is 22.2 Å². The number of benzene rings is 1. The molecule has 0 aliphatic carbocycles. The van der Waals surface area contributed by atoms with Gasteiger partial charge in [-0.3, -0.25) is 4.57 Å². The molecule has 2 aromatic heterocycles. The average molecular weight is 448 g/mol. The fourth-order valence-corrected chi connectivity index (χ4v) is 3.78. The number of aliphatic hydroxyl groups is 3. The zero-order valence-electron chi connectivity index (χ0n) is 16.1. The predicted molar refractivity (Wildman–Crippen MR) is 109 cm³/mol. The Morgan fingerprint density at radius 1 is 1.26 bits per heavy atom. The lowest BCUT2D eigenvalue weighted by Crippen LogP contribution is -2.33. The second-order valence-corrected chi connectivity index (χ2v) is 7.48. The molecule has 4 atom stereocenters. The van der Waals surface area contributed by atoms with Crippen molar-refractivity contribution in [2.24, 2.45) is 0 Å². The maximum absolute atomic E-state index is 13.1. The van der Waals surface area contributed by atoms with E-state index in [0.717, 1.165) is 5.56 Å². The van der Waals surface area contributed by atoms with Crippen LogP contribution < -0.4 is 5.32 Å². The standard InChI is InChI=1S/C20H19ClFN5O4/c21-18-12(7-23)14(24-6-5-10-1-3-11(22)4-2-10)15-19(26-18)27(9-25-15)20-17(30)16(29)13(8-28)31-20/h1-4,9,13,16-17,20,28-30H,5-6,8H2,(H,24,26)/t13-,16-,17-,20-/m1/s1. The molecule has 11 heteroatoms. The first kappa shape index (κ1) is 21.4. The summed E-state index contributed by atoms with van der Waals surface area (Å²) in [5.41, 5.74) is 1.95. The van der Waals surface area contributed by atoms with E-state index < -0.39 is 31.1 Å². The predicted octanol–water partition coefficient (Wildman–Crippen LogP) is 1.36. The van der Waals surface area contributed by atoms with Gasteiger partial charge in [-0.05, 0) is 24.1 Å². The van der Waals surface area contributed by atoms with Crippen LogP contribution in [0.1, 0.15) is 17.4 Å². The van der Waals surface area contributed by atoms with Crippen LogP contribution in [0.4, 0.5) is 10.1 Å². The number of halogens is 2. The molecule has 31 heavy (non-hydrogen) atoms. The van der Waals surface area contributed by atoms with Gasteiger partial charge in [-0.2, -0.15) is 5.26 Å². The molecule has 4 N–H and O–H groups in total. The highest BCUT2D eigenvalue weighted by Crippen LogP contribution is 2.35. The normalized spacial score (nSPS) is 23.2. The van der Waals surface area contributed by atoms with Crippen LogP contribution in [-0.4, -0.2) is 61.3 Å². The molecule has 0 unspecified atom stereocenters. The maximum Gasteiger partial charge on any atom is 0.165 e. The highest BCUT2D eigenvalue weighted by atomic mass is 35.5. The fraction of sp³-hybridized carbons (Fsp3) is 0.350. The van der Waals surface area contributed by atoms with E-state index in [1.807, 2.05) is 6.07 Å². The Morgan fingerprint density at radius 2 is 2.00 bits per heavy atom. The number of anilines is 1. The molecule has 0 spiro atoms. The molecule has 3 heterocycles. The third-order valence-electron chi connectivity index (χ3n) is 5.20. The Bertz CT molecular complexity index is 1130. The summed E-state index contributed by atoms with van der Waals surface area (Å²) in [6.07, 6.45) is -2.68. The molecule has 162 valence electrons. The van der Waals surface area contributed by atoms with Crippen LogP contribution in [0.3, 0.4) is 0 Å². The van der Waals surface area contributed by atoms with Crippen molar-refractivity contribution in [3.05, 3.63) is 52.7 Å². The summed E-state index contributed by atoms with van der Waals surface area (Å²) in [6.45, 7) is -0.0548. The van der Waals surface area contributed by atoms with Crippen LogP contribution in [0, 0.1) is 17.1 Å². The van der Waals surface area contributed by atoms with Crippen molar-refractivity contribution in [3.8, 4) is 6.07 Å². The average Bonchev–Trinajstić information content (AvgIpc) is 3.30. The van der Waals surface area contributed by atoms with E-state index in [2.05, 4.69) is 15.3 Å². The van der Waals surface area contributed by atoms with Gasteiger partial charge in [0.05, 0.1) is 18.6 Å². The van der Waals surface area contributed by atoms with E-state index in [1.54, 1.807) is 12.1 Å². The summed E-state index contributed by atoms with van der Waals surface area (Å²) >= 11 is 6.23. The molecule has 0 radical (unpaired) electrons. The number of fused-ring (bicyclic) bond motifs is 1. The molecule has 1 fully saturated rings. The number of aliphatic hydroxyl groups excluding tert-OH is 3. The molecule has 1 saturated heterocycles. The Hall–Kier alpha value is -2.81. The van der Waals surface area contributed by atoms with Gasteiger partial charge < -0.3 is 25.4 Å². The molecule has 0 bridgehead atoms. The number of pyridine rings is 1. The van der Waals surface area contributed by atoms with E-state index >= 15 is 0 Å². The molecule has 0 saturated carbocycles. The fourth-order valence-electron chi connectivity index (χ4n) is 3.57. The molecule has 4 rings (SSSR count). The number of nitrogens with one attached hydrogen (secondary N) is 1. The zero-order valence-corrected chi connectivity index (χ0v) is 16.9. The highest BCUT2D eigenvalue weighted by Gasteiger charge is 2.44. The van der Waals surface area contributed by atoms with E-state index in [9.17, 15) is 25.0 Å². The summed E-state index contributed by atoms with van der Waals surface area (Å²) in [6, 6.07) is 8.11. The minimum absolute atomic E-state index is 0.0622. The summed E-state index contributed by atoms with van der Waals surface area (Å²) in [4.78, 5) is 8.53. The summed E-state index contributed by atoms with van der Waals surface area (Å²) in [7, 11) is 0. The third kappa shape index (κ3) is 3.94. The van der Waals surface area contributed by atoms with Crippen LogP contribution in [0.5, 0.6) is 0 Å². The number of aromatic nitrogens is 3. The number of nitrogens with zero attached hydrogens (tertiary/aromatic N) is 4. The quantitative estimate of drug-likeness (QED) is 0.416. The van der Waals surface area contributed by atoms with Crippen molar-refractivity contribution in [3.63, 3.8) is 0 Å². The Morgan fingerprint density at radius 3 is 2.65 bits per heavy atom. The molecule has 1 aromatic carbocycles. The summed E-state index contributed by atoms with van der Waals surface area (Å²) in [5, 5.41) is 42.3. The zero-order chi connectivity index (χ0) is 22.1. The van der Waals surface area contributed by atoms with E-state index in [0.29, 0.717) is 24.2 Å². The van der Waals surface area contributed by atoms with Gasteiger partial charge in [0.2, 0.25) is 0 Å². The first-order chi connectivity index (χ1) is 14.9. The van der Waals surface area contributed by atoms with Crippen molar-refractivity contribution in [1.82, 2.24) is 14.5 Å². The molecule has 9 nitrogen and oxygen atoms in total. The van der Waals surface area contributed by atoms with Crippen LogP contribution in [0.2, 0.25) is 5.15 Å². The molecular formula is C20H19ClFN5O4. The summed E-state index contributed by atoms with van der Waals surface area (Å²) < 4.78 is 20.0. The van der Waals surface area contributed by atoms with E-state index in [4.69, 9.17) is 16.3 Å². The molecule has 1 aliphatic heterocycles. The van der Waals surface area contributed by atoms with Gasteiger partial charge >= 0.3 is 0 Å². The number of nitriles is 1. The van der Waals surface area contributed by atoms with Crippen molar-refractivity contribution < 1.29 is 24.4 Å². The minimum Gasteiger partial charge on any atom is -0.394 e. The van der Waals surface area contributed by atoms with Crippen molar-refractivity contribution in [2.45, 2.75) is 31.0 Å². The first-order valence-electron chi connectivity index (χ1n) is 9.51. The molecule has 1 aliphatic rings. The molecule has 0 amide bonds. The van der Waals surface area contributed by atoms with Crippen LogP contribution in [0.15, 0.2) is 30.6 Å². The number of ether oxygens (including phenoxy) is 1. The topological polar surface area (TPSA) is 136 Å². The molecular weight excluding hydrogens is 429 g/mol. The number of hydrogen-bond donors (Lipinski definition) is 4. The van der Waals surface area contributed by atoms with Crippen molar-refractivity contribution in [1.29, 1.82) is 5.26 Å². The van der Waals surface area contributed by atoms with Crippen LogP contribution in [-0.2, 0) is 11.2 Å². The van der Waals surface area contributed by atoms with Crippen LogP contribution >= 0.6 is 11.6 Å². The van der Waals surface area contributed by atoms with Crippen molar-refractivity contribution in [2.75, 3.05) is 18.5 Å². The van der Waals surface area contributed by atoms with Gasteiger partial charge in [-0.25, -0.2) is 14.4 Å². The van der Waals surface area contributed by atoms with Gasteiger partial charge in [-0.1, -0.05) is 23.7 Å². The Kier molecular flexibility index (Phi) is 6.04. The monoisotopic (exact) mass is 447 g/mol. The van der Waals surface area contributed by atoms with E-state index in [1.165, 1.54) is 23.0 Å². The van der Waals surface area contributed by atoms with Gasteiger partial charge in [0.1, 0.15) is 41.3 Å². The lowest BCUT2D eigenvalue weighted by atomic mass is 10.1.